The molecule has 0 aliphatic carbocycles. The van der Waals surface area contributed by atoms with Crippen molar-refractivity contribution in [2.45, 2.75) is 25.4 Å². The van der Waals surface area contributed by atoms with Gasteiger partial charge in [-0.05, 0) is 31.9 Å². The van der Waals surface area contributed by atoms with Crippen molar-refractivity contribution in [2.24, 2.45) is 0 Å². The van der Waals surface area contributed by atoms with Gasteiger partial charge in [0.25, 0.3) is 5.91 Å². The smallest absolute Gasteiger partial charge is 0.272 e. The standard InChI is InChI=1S/C16H22N4O2/c21-12-6-10-20(11-7-12)9-3-8-17-16(22)15-13-4-1-2-5-14(13)18-19-15/h1-2,4-5,12,21H,3,6-11H2,(H,17,22)(H,18,19). The van der Waals surface area contributed by atoms with Crippen molar-refractivity contribution in [1.82, 2.24) is 20.4 Å². The van der Waals surface area contributed by atoms with Gasteiger partial charge in [-0.25, -0.2) is 0 Å². The number of piperidine rings is 1. The quantitative estimate of drug-likeness (QED) is 0.724. The molecule has 6 nitrogen and oxygen atoms in total. The van der Waals surface area contributed by atoms with Crippen LogP contribution in [-0.2, 0) is 0 Å². The molecule has 0 radical (unpaired) electrons. The van der Waals surface area contributed by atoms with E-state index in [4.69, 9.17) is 0 Å². The zero-order chi connectivity index (χ0) is 15.4. The molecule has 1 saturated heterocycles. The minimum absolute atomic E-state index is 0.133. The molecule has 6 heteroatoms. The van der Waals surface area contributed by atoms with Crippen molar-refractivity contribution in [1.29, 1.82) is 0 Å². The zero-order valence-corrected chi connectivity index (χ0v) is 12.6. The van der Waals surface area contributed by atoms with E-state index >= 15 is 0 Å². The number of fused-ring (bicyclic) bond motifs is 1. The third-order valence-electron chi connectivity index (χ3n) is 4.18. The molecule has 3 N–H and O–H groups in total. The molecule has 0 spiro atoms. The fourth-order valence-corrected chi connectivity index (χ4v) is 2.87. The average Bonchev–Trinajstić information content (AvgIpc) is 2.97. The van der Waals surface area contributed by atoms with Gasteiger partial charge in [0.2, 0.25) is 0 Å². The number of nitrogens with zero attached hydrogens (tertiary/aromatic N) is 2. The first-order chi connectivity index (χ1) is 10.7. The van der Waals surface area contributed by atoms with Crippen molar-refractivity contribution in [3.8, 4) is 0 Å². The molecule has 118 valence electrons. The van der Waals surface area contributed by atoms with Crippen molar-refractivity contribution >= 4 is 16.8 Å². The molecule has 1 aliphatic heterocycles. The van der Waals surface area contributed by atoms with E-state index in [1.54, 1.807) is 0 Å². The summed E-state index contributed by atoms with van der Waals surface area (Å²) in [4.78, 5) is 14.5. The number of amides is 1. The van der Waals surface area contributed by atoms with Gasteiger partial charge >= 0.3 is 0 Å². The number of aliphatic hydroxyl groups is 1. The van der Waals surface area contributed by atoms with Gasteiger partial charge in [-0.3, -0.25) is 9.89 Å². The molecular weight excluding hydrogens is 280 g/mol. The normalized spacial score (nSPS) is 17.0. The summed E-state index contributed by atoms with van der Waals surface area (Å²) in [6.45, 7) is 3.48. The fourth-order valence-electron chi connectivity index (χ4n) is 2.87. The number of aromatic amines is 1. The number of hydrogen-bond donors (Lipinski definition) is 3. The highest BCUT2D eigenvalue weighted by Crippen LogP contribution is 2.14. The molecular formula is C16H22N4O2. The van der Waals surface area contributed by atoms with Crippen LogP contribution in [0.2, 0.25) is 0 Å². The minimum atomic E-state index is -0.135. The number of aromatic nitrogens is 2. The second-order valence-corrected chi connectivity index (χ2v) is 5.80. The van der Waals surface area contributed by atoms with E-state index in [9.17, 15) is 9.90 Å². The number of para-hydroxylation sites is 1. The topological polar surface area (TPSA) is 81.2 Å². The number of H-pyrrole nitrogens is 1. The van der Waals surface area contributed by atoms with Gasteiger partial charge in [-0.15, -0.1) is 0 Å². The van der Waals surface area contributed by atoms with Crippen LogP contribution >= 0.6 is 0 Å². The maximum Gasteiger partial charge on any atom is 0.272 e. The van der Waals surface area contributed by atoms with Crippen LogP contribution in [-0.4, -0.2) is 58.4 Å². The molecule has 22 heavy (non-hydrogen) atoms. The first-order valence-corrected chi connectivity index (χ1v) is 7.86. The minimum Gasteiger partial charge on any atom is -0.393 e. The third kappa shape index (κ3) is 3.45. The lowest BCUT2D eigenvalue weighted by Crippen LogP contribution is -2.37. The van der Waals surface area contributed by atoms with Crippen molar-refractivity contribution in [3.63, 3.8) is 0 Å². The fraction of sp³-hybridized carbons (Fsp3) is 0.500. The van der Waals surface area contributed by atoms with Crippen molar-refractivity contribution < 1.29 is 9.90 Å². The molecule has 3 rings (SSSR count). The largest absolute Gasteiger partial charge is 0.393 e. The van der Waals surface area contributed by atoms with Gasteiger partial charge in [-0.2, -0.15) is 5.10 Å². The number of hydrogen-bond acceptors (Lipinski definition) is 4. The number of likely N-dealkylation sites (tertiary alicyclic amines) is 1. The number of rotatable bonds is 5. The van der Waals surface area contributed by atoms with Gasteiger partial charge in [-0.1, -0.05) is 18.2 Å². The molecule has 1 aromatic carbocycles. The molecule has 0 atom stereocenters. The summed E-state index contributed by atoms with van der Waals surface area (Å²) in [5.74, 6) is -0.133. The Kier molecular flexibility index (Phi) is 4.70. The Bertz CT molecular complexity index is 632. The predicted molar refractivity (Wildman–Crippen MR) is 84.7 cm³/mol. The molecule has 0 saturated carbocycles. The summed E-state index contributed by atoms with van der Waals surface area (Å²) in [6.07, 6.45) is 2.48. The lowest BCUT2D eigenvalue weighted by atomic mass is 10.1. The molecule has 0 unspecified atom stereocenters. The Morgan fingerprint density at radius 1 is 1.36 bits per heavy atom. The maximum absolute atomic E-state index is 12.2. The van der Waals surface area contributed by atoms with Gasteiger partial charge < -0.3 is 15.3 Å². The van der Waals surface area contributed by atoms with Gasteiger partial charge in [0, 0.05) is 25.0 Å². The zero-order valence-electron chi connectivity index (χ0n) is 12.6. The number of carbonyl (C=O) groups is 1. The van der Waals surface area contributed by atoms with Gasteiger partial charge in [0.05, 0.1) is 11.6 Å². The lowest BCUT2D eigenvalue weighted by molar-refractivity contribution is 0.0816. The van der Waals surface area contributed by atoms with E-state index in [0.717, 1.165) is 49.8 Å². The van der Waals surface area contributed by atoms with Crippen LogP contribution in [0, 0.1) is 0 Å². The summed E-state index contributed by atoms with van der Waals surface area (Å²) < 4.78 is 0. The Balaban J connectivity index is 1.45. The number of aliphatic hydroxyl groups excluding tert-OH is 1. The Morgan fingerprint density at radius 3 is 2.95 bits per heavy atom. The highest BCUT2D eigenvalue weighted by Gasteiger charge is 2.17. The van der Waals surface area contributed by atoms with Crippen LogP contribution in [0.5, 0.6) is 0 Å². The molecule has 1 aromatic heterocycles. The van der Waals surface area contributed by atoms with Crippen LogP contribution in [0.3, 0.4) is 0 Å². The van der Waals surface area contributed by atoms with Crippen LogP contribution in [0.1, 0.15) is 29.8 Å². The number of benzene rings is 1. The number of nitrogens with one attached hydrogen (secondary N) is 2. The lowest BCUT2D eigenvalue weighted by Gasteiger charge is -2.29. The van der Waals surface area contributed by atoms with E-state index in [1.165, 1.54) is 0 Å². The molecule has 1 aliphatic rings. The van der Waals surface area contributed by atoms with Crippen LogP contribution in [0.15, 0.2) is 24.3 Å². The summed E-state index contributed by atoms with van der Waals surface area (Å²) in [7, 11) is 0. The van der Waals surface area contributed by atoms with E-state index in [2.05, 4.69) is 20.4 Å². The van der Waals surface area contributed by atoms with E-state index in [1.807, 2.05) is 24.3 Å². The summed E-state index contributed by atoms with van der Waals surface area (Å²) >= 11 is 0. The van der Waals surface area contributed by atoms with Crippen LogP contribution < -0.4 is 5.32 Å². The third-order valence-corrected chi connectivity index (χ3v) is 4.18. The maximum atomic E-state index is 12.2. The Morgan fingerprint density at radius 2 is 2.14 bits per heavy atom. The van der Waals surface area contributed by atoms with E-state index < -0.39 is 0 Å². The predicted octanol–water partition coefficient (Wildman–Crippen LogP) is 1.14. The SMILES string of the molecule is O=C(NCCCN1CCC(O)CC1)c1n[nH]c2ccccc12. The second kappa shape index (κ2) is 6.89. The van der Waals surface area contributed by atoms with Crippen molar-refractivity contribution in [3.05, 3.63) is 30.0 Å². The first kappa shape index (κ1) is 15.0. The molecule has 2 heterocycles. The van der Waals surface area contributed by atoms with Crippen LogP contribution in [0.4, 0.5) is 0 Å². The Labute approximate surface area is 129 Å². The summed E-state index contributed by atoms with van der Waals surface area (Å²) in [5.41, 5.74) is 1.33. The molecule has 1 amide bonds. The summed E-state index contributed by atoms with van der Waals surface area (Å²) in [6, 6.07) is 7.62. The highest BCUT2D eigenvalue weighted by atomic mass is 16.3. The van der Waals surface area contributed by atoms with E-state index in [0.29, 0.717) is 12.2 Å². The first-order valence-electron chi connectivity index (χ1n) is 7.86. The molecule has 1 fully saturated rings. The monoisotopic (exact) mass is 302 g/mol. The molecule has 0 bridgehead atoms. The van der Waals surface area contributed by atoms with Crippen LogP contribution in [0.25, 0.3) is 10.9 Å². The molecule has 2 aromatic rings. The average molecular weight is 302 g/mol. The Hall–Kier alpha value is -1.92. The summed E-state index contributed by atoms with van der Waals surface area (Å²) in [5, 5.41) is 20.2. The highest BCUT2D eigenvalue weighted by molar-refractivity contribution is 6.04. The second-order valence-electron chi connectivity index (χ2n) is 5.80. The van der Waals surface area contributed by atoms with Gasteiger partial charge in [0.1, 0.15) is 0 Å². The van der Waals surface area contributed by atoms with Gasteiger partial charge in [0.15, 0.2) is 5.69 Å². The van der Waals surface area contributed by atoms with Crippen molar-refractivity contribution in [2.75, 3.05) is 26.2 Å². The number of carbonyl (C=O) groups excluding carboxylic acids is 1. The van der Waals surface area contributed by atoms with E-state index in [-0.39, 0.29) is 12.0 Å².